The van der Waals surface area contributed by atoms with Crippen LogP contribution in [0.15, 0.2) is 48.5 Å². The molecule has 0 fully saturated rings. The number of hydrogen-bond acceptors (Lipinski definition) is 4. The predicted octanol–water partition coefficient (Wildman–Crippen LogP) is 3.88. The molecule has 7 heteroatoms. The molecule has 0 aliphatic carbocycles. The number of aryl methyl sites for hydroxylation is 1. The van der Waals surface area contributed by atoms with Crippen LogP contribution < -0.4 is 10.1 Å². The number of carbonyl (C=O) groups is 1. The third-order valence-electron chi connectivity index (χ3n) is 3.47. The number of nitrogens with one attached hydrogen (secondary N) is 1. The van der Waals surface area contributed by atoms with Crippen molar-refractivity contribution in [3.8, 4) is 11.4 Å². The normalized spacial score (nSPS) is 10.5. The summed E-state index contributed by atoms with van der Waals surface area (Å²) in [7, 11) is 0. The Hall–Kier alpha value is -2.86. The van der Waals surface area contributed by atoms with Gasteiger partial charge in [0.05, 0.1) is 23.7 Å². The quantitative estimate of drug-likeness (QED) is 0.753. The summed E-state index contributed by atoms with van der Waals surface area (Å²) in [6.45, 7) is 4.13. The zero-order chi connectivity index (χ0) is 17.8. The van der Waals surface area contributed by atoms with Crippen LogP contribution >= 0.6 is 11.6 Å². The van der Waals surface area contributed by atoms with Crippen LogP contribution in [0.1, 0.15) is 23.1 Å². The van der Waals surface area contributed by atoms with Gasteiger partial charge in [0.1, 0.15) is 5.75 Å². The summed E-state index contributed by atoms with van der Waals surface area (Å²) in [5.74, 6) is 0.260. The standard InChI is InChI=1S/C18H17ClN4O2/c1-3-25-16-10-5-4-9-15(16)20-18(24)17-12(2)21-23(22-17)14-8-6-7-13(19)11-14/h4-11H,3H2,1-2H3,(H,20,24). The van der Waals surface area contributed by atoms with Gasteiger partial charge in [0.25, 0.3) is 5.91 Å². The lowest BCUT2D eigenvalue weighted by molar-refractivity contribution is 0.102. The van der Waals surface area contributed by atoms with Crippen LogP contribution in [-0.4, -0.2) is 27.5 Å². The van der Waals surface area contributed by atoms with Gasteiger partial charge in [0.2, 0.25) is 0 Å². The maximum Gasteiger partial charge on any atom is 0.278 e. The number of benzene rings is 2. The third-order valence-corrected chi connectivity index (χ3v) is 3.71. The van der Waals surface area contributed by atoms with Gasteiger partial charge in [0, 0.05) is 5.02 Å². The molecule has 0 saturated heterocycles. The number of rotatable bonds is 5. The Labute approximate surface area is 150 Å². The van der Waals surface area contributed by atoms with Gasteiger partial charge in [-0.2, -0.15) is 9.90 Å². The highest BCUT2D eigenvalue weighted by molar-refractivity contribution is 6.30. The lowest BCUT2D eigenvalue weighted by atomic mass is 10.2. The summed E-state index contributed by atoms with van der Waals surface area (Å²) in [5, 5.41) is 12.0. The number of anilines is 1. The SMILES string of the molecule is CCOc1ccccc1NC(=O)c1nn(-c2cccc(Cl)c2)nc1C. The zero-order valence-electron chi connectivity index (χ0n) is 13.9. The highest BCUT2D eigenvalue weighted by Gasteiger charge is 2.18. The van der Waals surface area contributed by atoms with E-state index in [-0.39, 0.29) is 11.6 Å². The monoisotopic (exact) mass is 356 g/mol. The molecule has 0 atom stereocenters. The van der Waals surface area contributed by atoms with Gasteiger partial charge in [-0.05, 0) is 44.2 Å². The molecule has 25 heavy (non-hydrogen) atoms. The molecule has 0 saturated carbocycles. The van der Waals surface area contributed by atoms with E-state index in [2.05, 4.69) is 15.5 Å². The van der Waals surface area contributed by atoms with E-state index in [1.165, 1.54) is 4.80 Å². The molecule has 0 aliphatic heterocycles. The van der Waals surface area contributed by atoms with Crippen LogP contribution in [0.4, 0.5) is 5.69 Å². The lowest BCUT2D eigenvalue weighted by Gasteiger charge is -2.10. The minimum Gasteiger partial charge on any atom is -0.492 e. The molecular weight excluding hydrogens is 340 g/mol. The van der Waals surface area contributed by atoms with Gasteiger partial charge in [-0.1, -0.05) is 29.8 Å². The molecule has 3 aromatic rings. The molecule has 0 bridgehead atoms. The number of ether oxygens (including phenoxy) is 1. The summed E-state index contributed by atoms with van der Waals surface area (Å²) in [5.41, 5.74) is 2.04. The molecule has 1 heterocycles. The van der Waals surface area contributed by atoms with E-state index in [9.17, 15) is 4.79 Å². The molecule has 1 N–H and O–H groups in total. The minimum atomic E-state index is -0.349. The number of nitrogens with zero attached hydrogens (tertiary/aromatic N) is 3. The Morgan fingerprint density at radius 1 is 1.20 bits per heavy atom. The number of halogens is 1. The Bertz CT molecular complexity index is 908. The summed E-state index contributed by atoms with van der Waals surface area (Å²) in [6.07, 6.45) is 0. The van der Waals surface area contributed by atoms with Gasteiger partial charge >= 0.3 is 0 Å². The van der Waals surface area contributed by atoms with E-state index < -0.39 is 0 Å². The summed E-state index contributed by atoms with van der Waals surface area (Å²) < 4.78 is 5.52. The number of para-hydroxylation sites is 2. The minimum absolute atomic E-state index is 0.242. The Kier molecular flexibility index (Phi) is 5.00. The molecule has 0 aliphatic rings. The van der Waals surface area contributed by atoms with Crippen molar-refractivity contribution in [2.45, 2.75) is 13.8 Å². The fourth-order valence-electron chi connectivity index (χ4n) is 2.34. The van der Waals surface area contributed by atoms with Crippen LogP contribution in [-0.2, 0) is 0 Å². The summed E-state index contributed by atoms with van der Waals surface area (Å²) in [6, 6.07) is 14.4. The molecule has 6 nitrogen and oxygen atoms in total. The van der Waals surface area contributed by atoms with Crippen molar-refractivity contribution in [1.29, 1.82) is 0 Å². The van der Waals surface area contributed by atoms with Crippen LogP contribution in [0.5, 0.6) is 5.75 Å². The van der Waals surface area contributed by atoms with Crippen molar-refractivity contribution >= 4 is 23.2 Å². The highest BCUT2D eigenvalue weighted by atomic mass is 35.5. The van der Waals surface area contributed by atoms with Gasteiger partial charge in [-0.15, -0.1) is 5.10 Å². The van der Waals surface area contributed by atoms with Crippen molar-refractivity contribution in [3.05, 3.63) is 64.9 Å². The van der Waals surface area contributed by atoms with Crippen LogP contribution in [0.3, 0.4) is 0 Å². The van der Waals surface area contributed by atoms with Gasteiger partial charge in [0.15, 0.2) is 5.69 Å². The highest BCUT2D eigenvalue weighted by Crippen LogP contribution is 2.24. The van der Waals surface area contributed by atoms with Gasteiger partial charge in [-0.3, -0.25) is 4.79 Å². The first-order valence-electron chi connectivity index (χ1n) is 7.81. The first-order valence-corrected chi connectivity index (χ1v) is 8.19. The maximum absolute atomic E-state index is 12.6. The van der Waals surface area contributed by atoms with Crippen molar-refractivity contribution in [3.63, 3.8) is 0 Å². The molecule has 3 rings (SSSR count). The fraction of sp³-hybridized carbons (Fsp3) is 0.167. The van der Waals surface area contributed by atoms with E-state index in [0.29, 0.717) is 34.4 Å². The topological polar surface area (TPSA) is 69.0 Å². The molecule has 0 unspecified atom stereocenters. The fourth-order valence-corrected chi connectivity index (χ4v) is 2.52. The second kappa shape index (κ2) is 7.36. The first-order chi connectivity index (χ1) is 12.1. The van der Waals surface area contributed by atoms with Gasteiger partial charge < -0.3 is 10.1 Å². The number of hydrogen-bond donors (Lipinski definition) is 1. The van der Waals surface area contributed by atoms with Crippen molar-refractivity contribution < 1.29 is 9.53 Å². The maximum atomic E-state index is 12.6. The zero-order valence-corrected chi connectivity index (χ0v) is 14.6. The molecule has 0 radical (unpaired) electrons. The van der Waals surface area contributed by atoms with Gasteiger partial charge in [-0.25, -0.2) is 0 Å². The predicted molar refractivity (Wildman–Crippen MR) is 96.7 cm³/mol. The van der Waals surface area contributed by atoms with Crippen molar-refractivity contribution in [2.75, 3.05) is 11.9 Å². The third kappa shape index (κ3) is 3.80. The average molecular weight is 357 g/mol. The van der Waals surface area contributed by atoms with Crippen molar-refractivity contribution in [2.24, 2.45) is 0 Å². The van der Waals surface area contributed by atoms with Crippen LogP contribution in [0.25, 0.3) is 5.69 Å². The molecule has 0 spiro atoms. The van der Waals surface area contributed by atoms with Crippen LogP contribution in [0.2, 0.25) is 5.02 Å². The number of carbonyl (C=O) groups excluding carboxylic acids is 1. The van der Waals surface area contributed by atoms with E-state index in [4.69, 9.17) is 16.3 Å². The van der Waals surface area contributed by atoms with Crippen molar-refractivity contribution in [1.82, 2.24) is 15.0 Å². The Balaban J connectivity index is 1.86. The molecule has 1 aromatic heterocycles. The first kappa shape index (κ1) is 17.0. The second-order valence-corrected chi connectivity index (χ2v) is 5.72. The summed E-state index contributed by atoms with van der Waals surface area (Å²) in [4.78, 5) is 14.0. The average Bonchev–Trinajstić information content (AvgIpc) is 2.99. The number of amides is 1. The Morgan fingerprint density at radius 3 is 2.76 bits per heavy atom. The number of aromatic nitrogens is 3. The molecule has 2 aromatic carbocycles. The molecule has 128 valence electrons. The van der Waals surface area contributed by atoms with E-state index in [1.54, 1.807) is 37.3 Å². The summed E-state index contributed by atoms with van der Waals surface area (Å²) >= 11 is 6.00. The largest absolute Gasteiger partial charge is 0.492 e. The van der Waals surface area contributed by atoms with Crippen LogP contribution in [0, 0.1) is 6.92 Å². The lowest BCUT2D eigenvalue weighted by Crippen LogP contribution is -2.15. The van der Waals surface area contributed by atoms with E-state index >= 15 is 0 Å². The smallest absolute Gasteiger partial charge is 0.278 e. The Morgan fingerprint density at radius 2 is 2.00 bits per heavy atom. The van der Waals surface area contributed by atoms with E-state index in [1.807, 2.05) is 25.1 Å². The molecule has 1 amide bonds. The second-order valence-electron chi connectivity index (χ2n) is 5.29. The van der Waals surface area contributed by atoms with E-state index in [0.717, 1.165) is 0 Å². The molecular formula is C18H17ClN4O2.